The number of hydrogen-bond acceptors (Lipinski definition) is 5. The fraction of sp³-hybridized carbons (Fsp3) is 0.500. The van der Waals surface area contributed by atoms with Crippen molar-refractivity contribution in [3.05, 3.63) is 69.3 Å². The van der Waals surface area contributed by atoms with Crippen molar-refractivity contribution in [3.63, 3.8) is 0 Å². The number of hydrogen-bond donors (Lipinski definition) is 1. The van der Waals surface area contributed by atoms with E-state index in [4.69, 9.17) is 4.74 Å². The van der Waals surface area contributed by atoms with Crippen molar-refractivity contribution < 1.29 is 14.3 Å². The maximum atomic E-state index is 13.4. The van der Waals surface area contributed by atoms with E-state index in [1.807, 2.05) is 34.9 Å². The summed E-state index contributed by atoms with van der Waals surface area (Å²) in [6.07, 6.45) is 2.95. The van der Waals surface area contributed by atoms with Crippen LogP contribution in [-0.2, 0) is 20.9 Å². The van der Waals surface area contributed by atoms with Gasteiger partial charge in [-0.25, -0.2) is 0 Å². The third-order valence-electron chi connectivity index (χ3n) is 6.86. The number of nitrogens with zero attached hydrogens (tertiary/aromatic N) is 2. The van der Waals surface area contributed by atoms with Crippen molar-refractivity contribution >= 4 is 46.2 Å². The molecule has 36 heavy (non-hydrogen) atoms. The second kappa shape index (κ2) is 13.8. The summed E-state index contributed by atoms with van der Waals surface area (Å²) < 4.78 is 6.76. The van der Waals surface area contributed by atoms with E-state index in [2.05, 4.69) is 64.3 Å². The molecule has 0 bridgehead atoms. The first kappa shape index (κ1) is 27.4. The fourth-order valence-corrected chi connectivity index (χ4v) is 6.88. The number of halogens is 1. The lowest BCUT2D eigenvalue weighted by Crippen LogP contribution is -2.45. The van der Waals surface area contributed by atoms with Gasteiger partial charge < -0.3 is 19.9 Å². The Morgan fingerprint density at radius 1 is 1.11 bits per heavy atom. The van der Waals surface area contributed by atoms with Gasteiger partial charge in [-0.1, -0.05) is 48.5 Å². The lowest BCUT2D eigenvalue weighted by atomic mass is 10.0. The van der Waals surface area contributed by atoms with E-state index in [1.165, 1.54) is 9.13 Å². The molecule has 2 amide bonds. The normalized spacial score (nSPS) is 20.8. The number of piperidine rings is 1. The van der Waals surface area contributed by atoms with E-state index in [9.17, 15) is 9.59 Å². The zero-order chi connectivity index (χ0) is 25.3. The first-order chi connectivity index (χ1) is 17.6. The number of thioether (sulfide) groups is 1. The highest BCUT2D eigenvalue weighted by atomic mass is 127. The number of ether oxygens (including phenoxy) is 1. The van der Waals surface area contributed by atoms with Gasteiger partial charge in [0.2, 0.25) is 11.8 Å². The van der Waals surface area contributed by atoms with Gasteiger partial charge in [-0.15, -0.1) is 11.8 Å². The number of carbonyl (C=O) groups excluding carboxylic acids is 2. The van der Waals surface area contributed by atoms with Crippen molar-refractivity contribution in [2.75, 3.05) is 32.8 Å². The van der Waals surface area contributed by atoms with Crippen LogP contribution in [0.3, 0.4) is 0 Å². The summed E-state index contributed by atoms with van der Waals surface area (Å²) in [4.78, 5) is 30.4. The second-order valence-electron chi connectivity index (χ2n) is 9.30. The highest BCUT2D eigenvalue weighted by Gasteiger charge is 2.42. The molecule has 0 saturated carbocycles. The first-order valence-corrected chi connectivity index (χ1v) is 14.9. The number of nitrogens with one attached hydrogen (secondary N) is 1. The average Bonchev–Trinajstić information content (AvgIpc) is 3.21. The van der Waals surface area contributed by atoms with Gasteiger partial charge >= 0.3 is 0 Å². The van der Waals surface area contributed by atoms with E-state index < -0.39 is 0 Å². The van der Waals surface area contributed by atoms with Gasteiger partial charge in [0.25, 0.3) is 0 Å². The molecule has 2 aromatic carbocycles. The largest absolute Gasteiger partial charge is 0.382 e. The third kappa shape index (κ3) is 7.24. The van der Waals surface area contributed by atoms with Crippen LogP contribution < -0.4 is 5.32 Å². The predicted octanol–water partition coefficient (Wildman–Crippen LogP) is 4.83. The molecule has 0 aliphatic carbocycles. The highest BCUT2D eigenvalue weighted by Crippen LogP contribution is 2.44. The molecule has 2 aliphatic heterocycles. The standard InChI is InChI=1S/C28H36IN3O3S/c1-2-35-18-8-15-32-27(34)25(36-28(32)21-9-4-3-5-10-21)19-26(33)31-16-13-23(14-17-31)30-20-22-11-6-7-12-24(22)29/h3-7,9-12,23,25,28,30H,2,8,13-20H2,1H3. The molecule has 2 unspecified atom stereocenters. The number of amides is 2. The Hall–Kier alpha value is -1.62. The van der Waals surface area contributed by atoms with Crippen LogP contribution in [0.1, 0.15) is 49.1 Å². The van der Waals surface area contributed by atoms with Crippen LogP contribution in [-0.4, -0.2) is 65.8 Å². The van der Waals surface area contributed by atoms with Crippen LogP contribution >= 0.6 is 34.4 Å². The van der Waals surface area contributed by atoms with Crippen molar-refractivity contribution in [2.45, 2.75) is 55.8 Å². The molecule has 2 aliphatic rings. The molecule has 0 spiro atoms. The number of benzene rings is 2. The van der Waals surface area contributed by atoms with Crippen molar-refractivity contribution in [1.29, 1.82) is 0 Å². The predicted molar refractivity (Wildman–Crippen MR) is 154 cm³/mol. The van der Waals surface area contributed by atoms with Crippen LogP contribution in [0.4, 0.5) is 0 Å². The van der Waals surface area contributed by atoms with Crippen molar-refractivity contribution in [2.24, 2.45) is 0 Å². The van der Waals surface area contributed by atoms with Gasteiger partial charge in [0.05, 0.1) is 5.25 Å². The summed E-state index contributed by atoms with van der Waals surface area (Å²) >= 11 is 4.00. The Morgan fingerprint density at radius 2 is 1.83 bits per heavy atom. The van der Waals surface area contributed by atoms with E-state index in [1.54, 1.807) is 11.8 Å². The van der Waals surface area contributed by atoms with Gasteiger partial charge in [0, 0.05) is 55.4 Å². The molecule has 8 heteroatoms. The molecule has 2 atom stereocenters. The van der Waals surface area contributed by atoms with E-state index in [0.29, 0.717) is 25.8 Å². The lowest BCUT2D eigenvalue weighted by Gasteiger charge is -2.33. The first-order valence-electron chi connectivity index (χ1n) is 12.9. The van der Waals surface area contributed by atoms with E-state index >= 15 is 0 Å². The summed E-state index contributed by atoms with van der Waals surface area (Å²) in [5.41, 5.74) is 2.43. The van der Waals surface area contributed by atoms with Gasteiger partial charge in [-0.05, 0) is 66.0 Å². The quantitative estimate of drug-likeness (QED) is 0.288. The smallest absolute Gasteiger partial charge is 0.237 e. The number of likely N-dealkylation sites (tertiary alicyclic amines) is 1. The lowest BCUT2D eigenvalue weighted by molar-refractivity contribution is -0.136. The summed E-state index contributed by atoms with van der Waals surface area (Å²) in [5, 5.41) is 3.28. The maximum absolute atomic E-state index is 13.4. The average molecular weight is 622 g/mol. The molecule has 1 N–H and O–H groups in total. The topological polar surface area (TPSA) is 61.9 Å². The fourth-order valence-electron chi connectivity index (χ4n) is 4.82. The van der Waals surface area contributed by atoms with Crippen LogP contribution in [0.25, 0.3) is 0 Å². The Balaban J connectivity index is 1.29. The van der Waals surface area contributed by atoms with Gasteiger partial charge in [-0.2, -0.15) is 0 Å². The summed E-state index contributed by atoms with van der Waals surface area (Å²) in [6.45, 7) is 6.29. The van der Waals surface area contributed by atoms with Crippen LogP contribution in [0, 0.1) is 3.57 Å². The Bertz CT molecular complexity index is 1000. The molecule has 2 heterocycles. The molecule has 2 saturated heterocycles. The van der Waals surface area contributed by atoms with Gasteiger partial charge in [-0.3, -0.25) is 9.59 Å². The molecule has 194 valence electrons. The van der Waals surface area contributed by atoms with E-state index in [0.717, 1.165) is 44.5 Å². The van der Waals surface area contributed by atoms with Crippen molar-refractivity contribution in [1.82, 2.24) is 15.1 Å². The van der Waals surface area contributed by atoms with Crippen LogP contribution in [0.2, 0.25) is 0 Å². The Labute approximate surface area is 232 Å². The molecule has 2 fully saturated rings. The van der Waals surface area contributed by atoms with Gasteiger partial charge in [0.15, 0.2) is 0 Å². The molecule has 6 nitrogen and oxygen atoms in total. The summed E-state index contributed by atoms with van der Waals surface area (Å²) in [7, 11) is 0. The van der Waals surface area contributed by atoms with Gasteiger partial charge in [0.1, 0.15) is 5.37 Å². The van der Waals surface area contributed by atoms with Crippen molar-refractivity contribution in [3.8, 4) is 0 Å². The summed E-state index contributed by atoms with van der Waals surface area (Å²) in [5.74, 6) is 0.174. The minimum atomic E-state index is -0.328. The monoisotopic (exact) mass is 621 g/mol. The van der Waals surface area contributed by atoms with Crippen LogP contribution in [0.5, 0.6) is 0 Å². The third-order valence-corrected chi connectivity index (χ3v) is 9.39. The molecule has 2 aromatic rings. The van der Waals surface area contributed by atoms with Crippen LogP contribution in [0.15, 0.2) is 54.6 Å². The minimum absolute atomic E-state index is 0.0474. The summed E-state index contributed by atoms with van der Waals surface area (Å²) in [6, 6.07) is 19.0. The number of rotatable bonds is 11. The molecule has 0 aromatic heterocycles. The zero-order valence-corrected chi connectivity index (χ0v) is 23.9. The highest BCUT2D eigenvalue weighted by molar-refractivity contribution is 14.1. The molecular weight excluding hydrogens is 585 g/mol. The van der Waals surface area contributed by atoms with E-state index in [-0.39, 0.29) is 28.9 Å². The number of carbonyl (C=O) groups is 2. The molecule has 0 radical (unpaired) electrons. The Kier molecular flexibility index (Phi) is 10.5. The minimum Gasteiger partial charge on any atom is -0.382 e. The molecular formula is C28H36IN3O3S. The maximum Gasteiger partial charge on any atom is 0.237 e. The Morgan fingerprint density at radius 3 is 2.56 bits per heavy atom. The zero-order valence-electron chi connectivity index (χ0n) is 20.9. The second-order valence-corrected chi connectivity index (χ2v) is 11.8. The SMILES string of the molecule is CCOCCCN1C(=O)C(CC(=O)N2CCC(NCc3ccccc3I)CC2)SC1c1ccccc1. The molecule has 4 rings (SSSR count).